The second kappa shape index (κ2) is 10.8. The smallest absolute Gasteiger partial charge is 0.295 e. The molecule has 0 saturated carbocycles. The summed E-state index contributed by atoms with van der Waals surface area (Å²) in [6.07, 6.45) is 7.71. The minimum Gasteiger partial charge on any atom is -0.505 e. The molecule has 5 aromatic rings. The van der Waals surface area contributed by atoms with Gasteiger partial charge in [-0.2, -0.15) is 0 Å². The number of carbonyl (C=O) groups excluding carboxylic acids is 2. The molecule has 6 rings (SSSR count). The van der Waals surface area contributed by atoms with Crippen LogP contribution in [-0.4, -0.2) is 47.2 Å². The Hall–Kier alpha value is -5.18. The van der Waals surface area contributed by atoms with E-state index in [1.165, 1.54) is 4.90 Å². The number of benzene rings is 2. The lowest BCUT2D eigenvalue weighted by molar-refractivity contribution is -0.139. The third kappa shape index (κ3) is 4.86. The third-order valence-corrected chi connectivity index (χ3v) is 7.38. The van der Waals surface area contributed by atoms with E-state index in [4.69, 9.17) is 4.74 Å². The van der Waals surface area contributed by atoms with Crippen LogP contribution in [0.2, 0.25) is 0 Å². The molecule has 0 radical (unpaired) electrons. The van der Waals surface area contributed by atoms with Crippen LogP contribution in [0, 0.1) is 13.8 Å². The van der Waals surface area contributed by atoms with Gasteiger partial charge in [0.15, 0.2) is 5.76 Å². The minimum atomic E-state index is -0.817. The number of hydrogen-bond donors (Lipinski definition) is 1. The Labute approximate surface area is 237 Å². The zero-order chi connectivity index (χ0) is 28.5. The number of nitrogens with zero attached hydrogens (tertiary/aromatic N) is 5. The molecule has 1 saturated heterocycles. The van der Waals surface area contributed by atoms with Gasteiger partial charge >= 0.3 is 0 Å². The number of rotatable bonds is 8. The first kappa shape index (κ1) is 26.1. The van der Waals surface area contributed by atoms with Crippen LogP contribution in [0.4, 0.5) is 0 Å². The number of amides is 1. The summed E-state index contributed by atoms with van der Waals surface area (Å²) in [5.74, 6) is -0.473. The number of aromatic nitrogens is 4. The first-order valence-electron chi connectivity index (χ1n) is 13.4. The van der Waals surface area contributed by atoms with Gasteiger partial charge in [-0.05, 0) is 61.7 Å². The fourth-order valence-corrected chi connectivity index (χ4v) is 5.35. The number of para-hydroxylation sites is 1. The fraction of sp³-hybridized carbons (Fsp3) is 0.188. The van der Waals surface area contributed by atoms with Crippen molar-refractivity contribution in [3.05, 3.63) is 120 Å². The number of ketones is 1. The van der Waals surface area contributed by atoms with E-state index < -0.39 is 17.7 Å². The summed E-state index contributed by atoms with van der Waals surface area (Å²) in [5, 5.41) is 11.7. The molecule has 1 unspecified atom stereocenters. The predicted molar refractivity (Wildman–Crippen MR) is 153 cm³/mol. The van der Waals surface area contributed by atoms with Crippen molar-refractivity contribution in [2.45, 2.75) is 32.9 Å². The third-order valence-electron chi connectivity index (χ3n) is 7.38. The largest absolute Gasteiger partial charge is 0.505 e. The van der Waals surface area contributed by atoms with E-state index in [1.54, 1.807) is 18.6 Å². The zero-order valence-electron chi connectivity index (χ0n) is 22.8. The van der Waals surface area contributed by atoms with Crippen molar-refractivity contribution in [2.24, 2.45) is 0 Å². The number of pyridine rings is 1. The number of Topliss-reactive ketones (excluding diaryl/α,β-unsaturated/α-hetero) is 1. The van der Waals surface area contributed by atoms with E-state index >= 15 is 0 Å². The molecule has 1 aliphatic rings. The van der Waals surface area contributed by atoms with Gasteiger partial charge in [-0.15, -0.1) is 0 Å². The van der Waals surface area contributed by atoms with E-state index in [-0.39, 0.29) is 17.0 Å². The van der Waals surface area contributed by atoms with Gasteiger partial charge in [0.2, 0.25) is 0 Å². The zero-order valence-corrected chi connectivity index (χ0v) is 22.8. The standard InChI is InChI=1S/C32H29N5O4/c1-21-9-7-16-36-22(2)27(34-31(21)36)29(38)26-28(23-10-6-13-25(19-23)41-24-11-4-3-5-12-24)37(32(40)30(26)39)17-8-15-35-18-14-33-20-35/h3-7,9-14,16,18-20,28,38H,8,15,17H2,1-2H3. The van der Waals surface area contributed by atoms with Crippen molar-refractivity contribution in [1.29, 1.82) is 0 Å². The monoisotopic (exact) mass is 547 g/mol. The molecule has 0 bridgehead atoms. The Morgan fingerprint density at radius 1 is 0.951 bits per heavy atom. The van der Waals surface area contributed by atoms with Gasteiger partial charge in [0.1, 0.15) is 22.8 Å². The molecule has 1 aliphatic heterocycles. The molecule has 0 aliphatic carbocycles. The van der Waals surface area contributed by atoms with E-state index in [9.17, 15) is 14.7 Å². The fourth-order valence-electron chi connectivity index (χ4n) is 5.35. The van der Waals surface area contributed by atoms with Crippen LogP contribution < -0.4 is 4.74 Å². The van der Waals surface area contributed by atoms with Gasteiger partial charge in [-0.3, -0.25) is 9.59 Å². The van der Waals surface area contributed by atoms with Crippen LogP contribution in [0.15, 0.2) is 97.2 Å². The molecule has 9 nitrogen and oxygen atoms in total. The normalized spacial score (nSPS) is 16.5. The average Bonchev–Trinajstić information content (AvgIpc) is 3.68. The number of aryl methyl sites for hydroxylation is 3. The Morgan fingerprint density at radius 2 is 1.76 bits per heavy atom. The molecule has 0 spiro atoms. The highest BCUT2D eigenvalue weighted by molar-refractivity contribution is 6.46. The molecule has 206 valence electrons. The molecule has 1 amide bonds. The number of aliphatic hydroxyl groups excluding tert-OH is 1. The summed E-state index contributed by atoms with van der Waals surface area (Å²) in [5.41, 5.74) is 3.22. The second-order valence-corrected chi connectivity index (χ2v) is 10.1. The highest BCUT2D eigenvalue weighted by atomic mass is 16.5. The van der Waals surface area contributed by atoms with Gasteiger partial charge in [-0.25, -0.2) is 9.97 Å². The molecule has 9 heteroatoms. The first-order chi connectivity index (χ1) is 19.9. The van der Waals surface area contributed by atoms with Crippen LogP contribution in [0.1, 0.15) is 35.0 Å². The molecule has 41 heavy (non-hydrogen) atoms. The molecule has 1 fully saturated rings. The number of aliphatic hydroxyl groups is 1. The van der Waals surface area contributed by atoms with E-state index in [2.05, 4.69) is 9.97 Å². The number of ether oxygens (including phenoxy) is 1. The lowest BCUT2D eigenvalue weighted by Crippen LogP contribution is -2.31. The number of carbonyl (C=O) groups is 2. The summed E-state index contributed by atoms with van der Waals surface area (Å²) in [6.45, 7) is 4.69. The van der Waals surface area contributed by atoms with Gasteiger partial charge < -0.3 is 23.7 Å². The summed E-state index contributed by atoms with van der Waals surface area (Å²) < 4.78 is 9.85. The van der Waals surface area contributed by atoms with Gasteiger partial charge in [0.05, 0.1) is 23.6 Å². The van der Waals surface area contributed by atoms with Crippen molar-refractivity contribution >= 4 is 23.1 Å². The summed E-state index contributed by atoms with van der Waals surface area (Å²) in [7, 11) is 0. The SMILES string of the molecule is Cc1cccn2c(C)c(C(O)=C3C(=O)C(=O)N(CCCn4ccnc4)C3c3cccc(Oc4ccccc4)c3)nc12. The van der Waals surface area contributed by atoms with Gasteiger partial charge in [0, 0.05) is 31.7 Å². The summed E-state index contributed by atoms with van der Waals surface area (Å²) in [4.78, 5) is 37.3. The minimum absolute atomic E-state index is 0.0126. The lowest BCUT2D eigenvalue weighted by atomic mass is 9.96. The van der Waals surface area contributed by atoms with Crippen LogP contribution in [0.3, 0.4) is 0 Å². The molecular weight excluding hydrogens is 518 g/mol. The van der Waals surface area contributed by atoms with E-state index in [1.807, 2.05) is 95.9 Å². The van der Waals surface area contributed by atoms with Crippen molar-refractivity contribution in [3.63, 3.8) is 0 Å². The lowest BCUT2D eigenvalue weighted by Gasteiger charge is -2.25. The van der Waals surface area contributed by atoms with Crippen LogP contribution in [0.5, 0.6) is 11.5 Å². The highest BCUT2D eigenvalue weighted by Gasteiger charge is 2.46. The number of fused-ring (bicyclic) bond motifs is 1. The number of likely N-dealkylation sites (tertiary alicyclic amines) is 1. The quantitative estimate of drug-likeness (QED) is 0.157. The summed E-state index contributed by atoms with van der Waals surface area (Å²) in [6, 6.07) is 19.7. The van der Waals surface area contributed by atoms with E-state index in [0.29, 0.717) is 47.9 Å². The Kier molecular flexibility index (Phi) is 6.84. The Bertz CT molecular complexity index is 1770. The van der Waals surface area contributed by atoms with Crippen LogP contribution in [0.25, 0.3) is 11.4 Å². The van der Waals surface area contributed by atoms with E-state index in [0.717, 1.165) is 5.56 Å². The average molecular weight is 548 g/mol. The highest BCUT2D eigenvalue weighted by Crippen LogP contribution is 2.41. The Morgan fingerprint density at radius 3 is 2.51 bits per heavy atom. The topological polar surface area (TPSA) is 102 Å². The maximum absolute atomic E-state index is 13.6. The van der Waals surface area contributed by atoms with Crippen molar-refractivity contribution in [3.8, 4) is 11.5 Å². The van der Waals surface area contributed by atoms with Crippen molar-refractivity contribution in [2.75, 3.05) is 6.54 Å². The van der Waals surface area contributed by atoms with Gasteiger partial charge in [-0.1, -0.05) is 36.4 Å². The molecule has 1 N–H and O–H groups in total. The van der Waals surface area contributed by atoms with Crippen molar-refractivity contribution < 1.29 is 19.4 Å². The van der Waals surface area contributed by atoms with Gasteiger partial charge in [0.25, 0.3) is 11.7 Å². The van der Waals surface area contributed by atoms with Crippen LogP contribution in [-0.2, 0) is 16.1 Å². The van der Waals surface area contributed by atoms with Crippen molar-refractivity contribution in [1.82, 2.24) is 23.8 Å². The maximum Gasteiger partial charge on any atom is 0.295 e. The molecule has 1 atom stereocenters. The molecule has 3 aromatic heterocycles. The Balaban J connectivity index is 1.44. The first-order valence-corrected chi connectivity index (χ1v) is 13.4. The second-order valence-electron chi connectivity index (χ2n) is 10.1. The molecular formula is C32H29N5O4. The summed E-state index contributed by atoms with van der Waals surface area (Å²) >= 11 is 0. The molecule has 2 aromatic carbocycles. The predicted octanol–water partition coefficient (Wildman–Crippen LogP) is 5.45. The number of hydrogen-bond acceptors (Lipinski definition) is 6. The van der Waals surface area contributed by atoms with Crippen LogP contribution >= 0.6 is 0 Å². The maximum atomic E-state index is 13.6. The number of imidazole rings is 2. The molecule has 4 heterocycles.